The summed E-state index contributed by atoms with van der Waals surface area (Å²) >= 11 is 0. The van der Waals surface area contributed by atoms with Crippen LogP contribution >= 0.6 is 0 Å². The highest BCUT2D eigenvalue weighted by Gasteiger charge is 2.47. The monoisotopic (exact) mass is 540 g/mol. The summed E-state index contributed by atoms with van der Waals surface area (Å²) in [6, 6.07) is 22.1. The Balaban J connectivity index is 1.58. The van der Waals surface area contributed by atoms with Crippen LogP contribution in [0.2, 0.25) is 0 Å². The van der Waals surface area contributed by atoms with Crippen LogP contribution < -0.4 is 15.4 Å². The number of ether oxygens (including phenoxy) is 2. The Morgan fingerprint density at radius 3 is 2.25 bits per heavy atom. The minimum Gasteiger partial charge on any atom is -0.495 e. The maximum absolute atomic E-state index is 13.0. The summed E-state index contributed by atoms with van der Waals surface area (Å²) in [5.74, 6) is 0.416. The van der Waals surface area contributed by atoms with Crippen LogP contribution in [0.1, 0.15) is 50.8 Å². The lowest BCUT2D eigenvalue weighted by Crippen LogP contribution is -2.58. The van der Waals surface area contributed by atoms with Crippen molar-refractivity contribution in [1.82, 2.24) is 5.32 Å². The van der Waals surface area contributed by atoms with E-state index in [1.54, 1.807) is 25.1 Å². The van der Waals surface area contributed by atoms with E-state index in [1.165, 1.54) is 0 Å². The molecule has 3 aromatic rings. The molecule has 1 aliphatic carbocycles. The second-order valence-corrected chi connectivity index (χ2v) is 10.9. The van der Waals surface area contributed by atoms with Gasteiger partial charge in [-0.1, -0.05) is 74.9 Å². The quantitative estimate of drug-likeness (QED) is 0.276. The number of benzene rings is 3. The second kappa shape index (κ2) is 11.7. The summed E-state index contributed by atoms with van der Waals surface area (Å²) in [4.78, 5) is 25.7. The zero-order valence-electron chi connectivity index (χ0n) is 23.6. The molecule has 208 valence electrons. The number of carbonyl (C=O) groups excluding carboxylic acids is 1. The van der Waals surface area contributed by atoms with E-state index in [1.807, 2.05) is 67.6 Å². The standard InChI is InChI=1S/C33H36N2O5/c1-6-39-29-20-15-24(21-33(29,30(36)37)35-31(38)34-25-16-11-22(2)12-17-25)23-13-18-26(19-14-23)40-28-10-8-7-9-27(28)32(3,4)5/h7-20H,6,21H2,1-5H3,(H,36,37)(H2,34,35,38). The molecular formula is C33H36N2O5. The predicted molar refractivity (Wildman–Crippen MR) is 158 cm³/mol. The van der Waals surface area contributed by atoms with Crippen molar-refractivity contribution in [2.24, 2.45) is 0 Å². The molecule has 0 bridgehead atoms. The number of carboxylic acid groups (broad SMARTS) is 1. The molecule has 4 rings (SSSR count). The van der Waals surface area contributed by atoms with Crippen LogP contribution in [0.25, 0.3) is 5.57 Å². The number of anilines is 1. The van der Waals surface area contributed by atoms with Crippen LogP contribution in [-0.4, -0.2) is 29.3 Å². The van der Waals surface area contributed by atoms with Crippen molar-refractivity contribution >= 4 is 23.3 Å². The Hall–Kier alpha value is -4.52. The lowest BCUT2D eigenvalue weighted by molar-refractivity contribution is -0.144. The first-order valence-electron chi connectivity index (χ1n) is 13.3. The summed E-state index contributed by atoms with van der Waals surface area (Å²) in [7, 11) is 0. The van der Waals surface area contributed by atoms with Gasteiger partial charge in [-0.3, -0.25) is 0 Å². The molecule has 0 radical (unpaired) electrons. The van der Waals surface area contributed by atoms with Crippen molar-refractivity contribution in [3.05, 3.63) is 107 Å². The topological polar surface area (TPSA) is 96.9 Å². The molecule has 0 aliphatic heterocycles. The van der Waals surface area contributed by atoms with E-state index in [4.69, 9.17) is 9.47 Å². The van der Waals surface area contributed by atoms with E-state index in [2.05, 4.69) is 37.5 Å². The molecule has 7 heteroatoms. The highest BCUT2D eigenvalue weighted by Crippen LogP contribution is 2.38. The maximum atomic E-state index is 13.0. The number of rotatable bonds is 8. The van der Waals surface area contributed by atoms with Gasteiger partial charge >= 0.3 is 12.0 Å². The molecule has 3 N–H and O–H groups in total. The molecule has 0 spiro atoms. The van der Waals surface area contributed by atoms with Crippen LogP contribution in [0.15, 0.2) is 90.7 Å². The largest absolute Gasteiger partial charge is 0.495 e. The fourth-order valence-corrected chi connectivity index (χ4v) is 4.65. The molecule has 0 aromatic heterocycles. The molecule has 2 amide bonds. The van der Waals surface area contributed by atoms with Crippen molar-refractivity contribution < 1.29 is 24.2 Å². The SMILES string of the molecule is CCOC1=CC=C(c2ccc(Oc3ccccc3C(C)(C)C)cc2)CC1(NC(=O)Nc1ccc(C)cc1)C(=O)O. The van der Waals surface area contributed by atoms with Crippen molar-refractivity contribution in [1.29, 1.82) is 0 Å². The lowest BCUT2D eigenvalue weighted by atomic mass is 9.82. The van der Waals surface area contributed by atoms with E-state index in [0.717, 1.165) is 28.0 Å². The molecule has 0 fully saturated rings. The summed E-state index contributed by atoms with van der Waals surface area (Å²) in [5, 5.41) is 15.8. The van der Waals surface area contributed by atoms with Gasteiger partial charge in [0.1, 0.15) is 17.3 Å². The van der Waals surface area contributed by atoms with Crippen molar-refractivity contribution in [3.63, 3.8) is 0 Å². The summed E-state index contributed by atoms with van der Waals surface area (Å²) in [5.41, 5.74) is 2.40. The number of amides is 2. The third kappa shape index (κ3) is 6.37. The highest BCUT2D eigenvalue weighted by atomic mass is 16.5. The number of aryl methyl sites for hydroxylation is 1. The zero-order chi connectivity index (χ0) is 28.9. The van der Waals surface area contributed by atoms with Gasteiger partial charge in [-0.2, -0.15) is 0 Å². The average Bonchev–Trinajstić information content (AvgIpc) is 2.91. The number of allylic oxidation sites excluding steroid dienone is 2. The minimum absolute atomic E-state index is 0.00253. The van der Waals surface area contributed by atoms with Gasteiger partial charge in [-0.05, 0) is 66.8 Å². The Kier molecular flexibility index (Phi) is 8.33. The second-order valence-electron chi connectivity index (χ2n) is 10.9. The maximum Gasteiger partial charge on any atom is 0.337 e. The fraction of sp³-hybridized carbons (Fsp3) is 0.273. The zero-order valence-corrected chi connectivity index (χ0v) is 23.6. The van der Waals surface area contributed by atoms with Crippen LogP contribution in [0.5, 0.6) is 11.5 Å². The smallest absolute Gasteiger partial charge is 0.337 e. The average molecular weight is 541 g/mol. The third-order valence-electron chi connectivity index (χ3n) is 6.76. The van der Waals surface area contributed by atoms with Gasteiger partial charge < -0.3 is 25.2 Å². The normalized spacial score (nSPS) is 16.8. The van der Waals surface area contributed by atoms with E-state index >= 15 is 0 Å². The van der Waals surface area contributed by atoms with Gasteiger partial charge in [0.15, 0.2) is 0 Å². The van der Waals surface area contributed by atoms with Gasteiger partial charge in [0.2, 0.25) is 5.54 Å². The Morgan fingerprint density at radius 1 is 0.950 bits per heavy atom. The van der Waals surface area contributed by atoms with Crippen LogP contribution in [0.3, 0.4) is 0 Å². The van der Waals surface area contributed by atoms with Crippen molar-refractivity contribution in [2.75, 3.05) is 11.9 Å². The molecule has 0 saturated carbocycles. The molecule has 0 heterocycles. The first-order chi connectivity index (χ1) is 19.0. The van der Waals surface area contributed by atoms with E-state index in [0.29, 0.717) is 11.4 Å². The number of para-hydroxylation sites is 1. The summed E-state index contributed by atoms with van der Waals surface area (Å²) in [6.45, 7) is 10.4. The number of hydrogen-bond acceptors (Lipinski definition) is 4. The molecule has 7 nitrogen and oxygen atoms in total. The number of hydrogen-bond donors (Lipinski definition) is 3. The molecule has 1 aliphatic rings. The highest BCUT2D eigenvalue weighted by molar-refractivity contribution is 5.97. The van der Waals surface area contributed by atoms with E-state index in [9.17, 15) is 14.7 Å². The van der Waals surface area contributed by atoms with E-state index < -0.39 is 17.5 Å². The molecule has 3 aromatic carbocycles. The Bertz CT molecular complexity index is 1430. The molecule has 1 atom stereocenters. The lowest BCUT2D eigenvalue weighted by Gasteiger charge is -2.35. The van der Waals surface area contributed by atoms with Crippen molar-refractivity contribution in [2.45, 2.75) is 52.0 Å². The Morgan fingerprint density at radius 2 is 1.62 bits per heavy atom. The molecule has 0 saturated heterocycles. The Labute approximate surface area is 235 Å². The van der Waals surface area contributed by atoms with Crippen LogP contribution in [-0.2, 0) is 14.9 Å². The number of carboxylic acids is 1. The van der Waals surface area contributed by atoms with E-state index in [-0.39, 0.29) is 24.2 Å². The van der Waals surface area contributed by atoms with Gasteiger partial charge in [0.25, 0.3) is 0 Å². The number of nitrogens with one attached hydrogen (secondary N) is 2. The fourth-order valence-electron chi connectivity index (χ4n) is 4.65. The van der Waals surface area contributed by atoms with Crippen LogP contribution in [0.4, 0.5) is 10.5 Å². The van der Waals surface area contributed by atoms with Gasteiger partial charge in [-0.15, -0.1) is 0 Å². The third-order valence-corrected chi connectivity index (χ3v) is 6.76. The minimum atomic E-state index is -1.78. The van der Waals surface area contributed by atoms with Gasteiger partial charge in [-0.25, -0.2) is 9.59 Å². The molecule has 1 unspecified atom stereocenters. The number of carbonyl (C=O) groups is 2. The summed E-state index contributed by atoms with van der Waals surface area (Å²) < 4.78 is 11.9. The number of aliphatic carboxylic acids is 1. The molecular weight excluding hydrogens is 504 g/mol. The van der Waals surface area contributed by atoms with Crippen molar-refractivity contribution in [3.8, 4) is 11.5 Å². The first-order valence-corrected chi connectivity index (χ1v) is 13.3. The summed E-state index contributed by atoms with van der Waals surface area (Å²) in [6.07, 6.45) is 3.45. The van der Waals surface area contributed by atoms with Crippen LogP contribution in [0, 0.1) is 6.92 Å². The first kappa shape index (κ1) is 28.5. The van der Waals surface area contributed by atoms with Gasteiger partial charge in [0, 0.05) is 17.7 Å². The number of urea groups is 1. The van der Waals surface area contributed by atoms with Gasteiger partial charge in [0.05, 0.1) is 6.61 Å². The molecule has 40 heavy (non-hydrogen) atoms. The predicted octanol–water partition coefficient (Wildman–Crippen LogP) is 7.44.